The molecule has 5 heteroatoms. The van der Waals surface area contributed by atoms with Gasteiger partial charge in [0.1, 0.15) is 5.82 Å². The summed E-state index contributed by atoms with van der Waals surface area (Å²) in [6.45, 7) is 3.14. The minimum Gasteiger partial charge on any atom is -0.384 e. The first-order valence-electron chi connectivity index (χ1n) is 7.92. The molecule has 0 radical (unpaired) electrons. The third-order valence-corrected chi connectivity index (χ3v) is 4.22. The minimum absolute atomic E-state index is 0.0759. The number of aromatic nitrogens is 1. The van der Waals surface area contributed by atoms with Crippen LogP contribution < -0.4 is 10.6 Å². The van der Waals surface area contributed by atoms with Crippen molar-refractivity contribution in [2.45, 2.75) is 32.6 Å². The zero-order valence-electron chi connectivity index (χ0n) is 13.3. The van der Waals surface area contributed by atoms with Gasteiger partial charge in [-0.3, -0.25) is 4.79 Å². The van der Waals surface area contributed by atoms with Gasteiger partial charge in [0.05, 0.1) is 18.3 Å². The smallest absolute Gasteiger partial charge is 0.229 e. The largest absolute Gasteiger partial charge is 0.384 e. The van der Waals surface area contributed by atoms with Crippen LogP contribution >= 0.6 is 15.9 Å². The Morgan fingerprint density at radius 3 is 2.70 bits per heavy atom. The highest BCUT2D eigenvalue weighted by Crippen LogP contribution is 2.17. The lowest BCUT2D eigenvalue weighted by Gasteiger charge is -2.08. The Morgan fingerprint density at radius 2 is 2.00 bits per heavy atom. The molecule has 0 fully saturated rings. The number of benzene rings is 1. The van der Waals surface area contributed by atoms with Gasteiger partial charge in [-0.15, -0.1) is 0 Å². The molecule has 2 aromatic rings. The molecule has 0 aliphatic heterocycles. The van der Waals surface area contributed by atoms with Crippen molar-refractivity contribution in [3.63, 3.8) is 0 Å². The van der Waals surface area contributed by atoms with Gasteiger partial charge in [0, 0.05) is 11.0 Å². The van der Waals surface area contributed by atoms with Crippen LogP contribution in [0.3, 0.4) is 0 Å². The van der Waals surface area contributed by atoms with Crippen LogP contribution in [0.25, 0.3) is 0 Å². The number of carbonyl (C=O) groups is 1. The molecule has 0 atom stereocenters. The van der Waals surface area contributed by atoms with E-state index >= 15 is 0 Å². The number of nitrogens with one attached hydrogen (secondary N) is 2. The van der Waals surface area contributed by atoms with E-state index in [2.05, 4.69) is 38.5 Å². The number of anilines is 2. The van der Waals surface area contributed by atoms with Crippen LogP contribution in [0.4, 0.5) is 11.5 Å². The lowest BCUT2D eigenvalue weighted by Crippen LogP contribution is -2.15. The molecule has 0 saturated carbocycles. The number of hydrogen-bond donors (Lipinski definition) is 2. The van der Waals surface area contributed by atoms with E-state index in [0.29, 0.717) is 12.2 Å². The van der Waals surface area contributed by atoms with E-state index in [1.165, 1.54) is 12.8 Å². The molecule has 0 unspecified atom stereocenters. The monoisotopic (exact) mass is 375 g/mol. The van der Waals surface area contributed by atoms with E-state index in [1.807, 2.05) is 36.4 Å². The Kier molecular flexibility index (Phi) is 7.07. The van der Waals surface area contributed by atoms with Crippen LogP contribution in [-0.2, 0) is 11.2 Å². The van der Waals surface area contributed by atoms with Crippen molar-refractivity contribution < 1.29 is 4.79 Å². The first-order valence-corrected chi connectivity index (χ1v) is 8.71. The van der Waals surface area contributed by atoms with Crippen LogP contribution in [0, 0.1) is 0 Å². The number of nitrogens with zero attached hydrogens (tertiary/aromatic N) is 1. The Bertz CT molecular complexity index is 628. The summed E-state index contributed by atoms with van der Waals surface area (Å²) in [6, 6.07) is 11.5. The average Bonchev–Trinajstić information content (AvgIpc) is 2.55. The summed E-state index contributed by atoms with van der Waals surface area (Å²) >= 11 is 3.45. The lowest BCUT2D eigenvalue weighted by atomic mass is 10.1. The van der Waals surface area contributed by atoms with Crippen molar-refractivity contribution in [1.29, 1.82) is 0 Å². The van der Waals surface area contributed by atoms with Gasteiger partial charge in [0.2, 0.25) is 5.91 Å². The predicted molar refractivity (Wildman–Crippen MR) is 98.7 cm³/mol. The van der Waals surface area contributed by atoms with Gasteiger partial charge in [-0.2, -0.15) is 0 Å². The molecule has 0 spiro atoms. The SMILES string of the molecule is CCCCCNc1ccc(NC(=O)Cc2ccccc2Br)nc1. The quantitative estimate of drug-likeness (QED) is 0.661. The van der Waals surface area contributed by atoms with E-state index in [9.17, 15) is 4.79 Å². The van der Waals surface area contributed by atoms with Crippen molar-refractivity contribution >= 4 is 33.3 Å². The van der Waals surface area contributed by atoms with Crippen LogP contribution in [0.5, 0.6) is 0 Å². The second kappa shape index (κ2) is 9.30. The fourth-order valence-electron chi connectivity index (χ4n) is 2.18. The summed E-state index contributed by atoms with van der Waals surface area (Å²) in [5.74, 6) is 0.495. The predicted octanol–water partition coefficient (Wildman–Crippen LogP) is 4.63. The van der Waals surface area contributed by atoms with Gasteiger partial charge in [-0.25, -0.2) is 4.98 Å². The molecule has 0 bridgehead atoms. The Labute approximate surface area is 145 Å². The van der Waals surface area contributed by atoms with Crippen LogP contribution in [0.2, 0.25) is 0 Å². The molecule has 2 N–H and O–H groups in total. The highest BCUT2D eigenvalue weighted by Gasteiger charge is 2.07. The fourth-order valence-corrected chi connectivity index (χ4v) is 2.61. The molecule has 23 heavy (non-hydrogen) atoms. The zero-order valence-corrected chi connectivity index (χ0v) is 14.9. The van der Waals surface area contributed by atoms with E-state index in [1.54, 1.807) is 6.20 Å². The third-order valence-electron chi connectivity index (χ3n) is 3.45. The van der Waals surface area contributed by atoms with Gasteiger partial charge in [0.15, 0.2) is 0 Å². The molecule has 4 nitrogen and oxygen atoms in total. The summed E-state index contributed by atoms with van der Waals surface area (Å²) in [4.78, 5) is 16.4. The molecular formula is C18H22BrN3O. The fraction of sp³-hybridized carbons (Fsp3) is 0.333. The van der Waals surface area contributed by atoms with Crippen molar-refractivity contribution in [3.05, 3.63) is 52.6 Å². The molecular weight excluding hydrogens is 354 g/mol. The minimum atomic E-state index is -0.0759. The molecule has 0 saturated heterocycles. The second-order valence-electron chi connectivity index (χ2n) is 5.38. The van der Waals surface area contributed by atoms with Gasteiger partial charge >= 0.3 is 0 Å². The van der Waals surface area contributed by atoms with E-state index in [4.69, 9.17) is 0 Å². The number of carbonyl (C=O) groups excluding carboxylic acids is 1. The van der Waals surface area contributed by atoms with Crippen LogP contribution in [0.1, 0.15) is 31.7 Å². The number of rotatable bonds is 8. The molecule has 0 aliphatic carbocycles. The second-order valence-corrected chi connectivity index (χ2v) is 6.24. The summed E-state index contributed by atoms with van der Waals surface area (Å²) < 4.78 is 0.940. The molecule has 1 aromatic heterocycles. The highest BCUT2D eigenvalue weighted by atomic mass is 79.9. The first kappa shape index (κ1) is 17.5. The zero-order chi connectivity index (χ0) is 16.5. The van der Waals surface area contributed by atoms with Gasteiger partial charge in [0.25, 0.3) is 0 Å². The van der Waals surface area contributed by atoms with Crippen molar-refractivity contribution in [2.24, 2.45) is 0 Å². The molecule has 1 aromatic carbocycles. The summed E-state index contributed by atoms with van der Waals surface area (Å²) in [7, 11) is 0. The molecule has 1 heterocycles. The van der Waals surface area contributed by atoms with Crippen molar-refractivity contribution in [3.8, 4) is 0 Å². The summed E-state index contributed by atoms with van der Waals surface area (Å²) in [5.41, 5.74) is 1.93. The van der Waals surface area contributed by atoms with E-state index in [-0.39, 0.29) is 5.91 Å². The number of hydrogen-bond acceptors (Lipinski definition) is 3. The maximum atomic E-state index is 12.1. The maximum absolute atomic E-state index is 12.1. The third kappa shape index (κ3) is 6.02. The van der Waals surface area contributed by atoms with Crippen LogP contribution in [0.15, 0.2) is 47.1 Å². The Balaban J connectivity index is 1.83. The van der Waals surface area contributed by atoms with Crippen LogP contribution in [-0.4, -0.2) is 17.4 Å². The molecule has 1 amide bonds. The van der Waals surface area contributed by atoms with Crippen molar-refractivity contribution in [1.82, 2.24) is 4.98 Å². The van der Waals surface area contributed by atoms with Gasteiger partial charge < -0.3 is 10.6 Å². The van der Waals surface area contributed by atoms with Gasteiger partial charge in [-0.1, -0.05) is 53.9 Å². The normalized spacial score (nSPS) is 10.3. The highest BCUT2D eigenvalue weighted by molar-refractivity contribution is 9.10. The van der Waals surface area contributed by atoms with E-state index in [0.717, 1.165) is 28.7 Å². The maximum Gasteiger partial charge on any atom is 0.229 e. The standard InChI is InChI=1S/C18H22BrN3O/c1-2-3-6-11-20-15-9-10-17(21-13-15)22-18(23)12-14-7-4-5-8-16(14)19/h4-5,7-10,13,20H,2-3,6,11-12H2,1H3,(H,21,22,23). The average molecular weight is 376 g/mol. The molecule has 122 valence electrons. The summed E-state index contributed by atoms with van der Waals surface area (Å²) in [5, 5.41) is 6.15. The lowest BCUT2D eigenvalue weighted by molar-refractivity contribution is -0.115. The number of unbranched alkanes of at least 4 members (excludes halogenated alkanes) is 2. The first-order chi connectivity index (χ1) is 11.2. The molecule has 0 aliphatic rings. The summed E-state index contributed by atoms with van der Waals surface area (Å²) in [6.07, 6.45) is 5.66. The topological polar surface area (TPSA) is 54.0 Å². The number of halogens is 1. The number of pyridine rings is 1. The Morgan fingerprint density at radius 1 is 1.17 bits per heavy atom. The van der Waals surface area contributed by atoms with E-state index < -0.39 is 0 Å². The molecule has 2 rings (SSSR count). The Hall–Kier alpha value is -1.88. The van der Waals surface area contributed by atoms with Crippen molar-refractivity contribution in [2.75, 3.05) is 17.2 Å². The van der Waals surface area contributed by atoms with Gasteiger partial charge in [-0.05, 0) is 30.2 Å². The number of amides is 1.